The fraction of sp³-hybridized carbons (Fsp3) is 0.136. The summed E-state index contributed by atoms with van der Waals surface area (Å²) < 4.78 is 53.4. The molecule has 0 aliphatic heterocycles. The number of hydrogen-bond donors (Lipinski definition) is 1. The molecule has 4 aromatic rings. The first kappa shape index (κ1) is 22.2. The number of halogens is 3. The molecule has 0 fully saturated rings. The van der Waals surface area contributed by atoms with Gasteiger partial charge in [-0.05, 0) is 53.9 Å². The third-order valence-corrected chi connectivity index (χ3v) is 6.97. The Bertz CT molecular complexity index is 1560. The second-order valence-electron chi connectivity index (χ2n) is 7.46. The van der Waals surface area contributed by atoms with Crippen molar-refractivity contribution in [3.63, 3.8) is 0 Å². The maximum atomic E-state index is 13.6. The lowest BCUT2D eigenvalue weighted by molar-refractivity contribution is 0.502. The van der Waals surface area contributed by atoms with E-state index in [0.29, 0.717) is 33.2 Å². The zero-order valence-electron chi connectivity index (χ0n) is 17.1. The van der Waals surface area contributed by atoms with Gasteiger partial charge in [0.1, 0.15) is 0 Å². The van der Waals surface area contributed by atoms with E-state index < -0.39 is 21.7 Å². The third kappa shape index (κ3) is 3.72. The van der Waals surface area contributed by atoms with Crippen LogP contribution in [-0.4, -0.2) is 17.8 Å². The molecule has 0 spiro atoms. The lowest BCUT2D eigenvalue weighted by Gasteiger charge is -2.12. The molecule has 166 valence electrons. The van der Waals surface area contributed by atoms with E-state index in [2.05, 4.69) is 0 Å². The molecular weight excluding hydrogens is 460 g/mol. The van der Waals surface area contributed by atoms with Gasteiger partial charge in [-0.1, -0.05) is 29.8 Å². The molecule has 3 aromatic carbocycles. The Kier molecular flexibility index (Phi) is 5.44. The van der Waals surface area contributed by atoms with Crippen LogP contribution >= 0.6 is 11.6 Å². The summed E-state index contributed by atoms with van der Waals surface area (Å²) >= 11 is 6.43. The Morgan fingerprint density at radius 2 is 1.75 bits per heavy atom. The van der Waals surface area contributed by atoms with Crippen LogP contribution in [0.4, 0.5) is 8.78 Å². The van der Waals surface area contributed by atoms with Crippen molar-refractivity contribution in [2.75, 3.05) is 0 Å². The first-order valence-corrected chi connectivity index (χ1v) is 11.4. The highest BCUT2D eigenvalue weighted by Crippen LogP contribution is 2.34. The van der Waals surface area contributed by atoms with Crippen LogP contribution in [0.5, 0.6) is 0 Å². The fourth-order valence-electron chi connectivity index (χ4n) is 3.75. The van der Waals surface area contributed by atoms with Gasteiger partial charge in [0.2, 0.25) is 10.0 Å². The standard InChI is InChI=1S/C22H18ClF2N3O3S/c1-12-20(32(26,30)31)8-5-15(21(12)23)14-4-7-19-16(10-14)22(29)27(2)28(19)11-13-3-6-17(24)18(25)9-13/h3-10H,11H2,1-2H3,(H2,26,30,31). The number of nitrogens with two attached hydrogens (primary N) is 1. The summed E-state index contributed by atoms with van der Waals surface area (Å²) in [6, 6.07) is 11.7. The predicted molar refractivity (Wildman–Crippen MR) is 119 cm³/mol. The first-order valence-electron chi connectivity index (χ1n) is 9.45. The normalized spacial score (nSPS) is 11.9. The quantitative estimate of drug-likeness (QED) is 0.483. The van der Waals surface area contributed by atoms with Gasteiger partial charge in [-0.25, -0.2) is 22.3 Å². The van der Waals surface area contributed by atoms with E-state index in [1.54, 1.807) is 42.9 Å². The number of hydrogen-bond acceptors (Lipinski definition) is 3. The van der Waals surface area contributed by atoms with E-state index >= 15 is 0 Å². The van der Waals surface area contributed by atoms with Gasteiger partial charge in [0.05, 0.1) is 27.4 Å². The van der Waals surface area contributed by atoms with Gasteiger partial charge in [0, 0.05) is 12.6 Å². The van der Waals surface area contributed by atoms with Crippen molar-refractivity contribution < 1.29 is 17.2 Å². The van der Waals surface area contributed by atoms with Gasteiger partial charge in [0.25, 0.3) is 5.56 Å². The molecule has 6 nitrogen and oxygen atoms in total. The van der Waals surface area contributed by atoms with Crippen LogP contribution in [0.2, 0.25) is 5.02 Å². The molecule has 0 saturated carbocycles. The smallest absolute Gasteiger partial charge is 0.274 e. The molecule has 0 saturated heterocycles. The predicted octanol–water partition coefficient (Wildman–Crippen LogP) is 3.94. The number of rotatable bonds is 4. The molecule has 0 amide bonds. The molecule has 0 aliphatic carbocycles. The number of benzene rings is 3. The van der Waals surface area contributed by atoms with Gasteiger partial charge in [-0.2, -0.15) is 0 Å². The van der Waals surface area contributed by atoms with Gasteiger partial charge < -0.3 is 0 Å². The zero-order valence-corrected chi connectivity index (χ0v) is 18.6. The SMILES string of the molecule is Cc1c(S(N)(=O)=O)ccc(-c2ccc3c(c2)c(=O)n(C)n3Cc2ccc(F)c(F)c2)c1Cl. The lowest BCUT2D eigenvalue weighted by atomic mass is 10.0. The maximum Gasteiger partial charge on any atom is 0.274 e. The Morgan fingerprint density at radius 1 is 1.03 bits per heavy atom. The molecule has 1 heterocycles. The lowest BCUT2D eigenvalue weighted by Crippen LogP contribution is -2.19. The number of sulfonamides is 1. The summed E-state index contributed by atoms with van der Waals surface area (Å²) in [5.41, 5.74) is 2.30. The fourth-order valence-corrected chi connectivity index (χ4v) is 4.86. The van der Waals surface area contributed by atoms with Gasteiger partial charge in [0.15, 0.2) is 11.6 Å². The average Bonchev–Trinajstić information content (AvgIpc) is 2.96. The minimum absolute atomic E-state index is 0.0686. The molecule has 0 atom stereocenters. The van der Waals surface area contributed by atoms with Crippen molar-refractivity contribution in [3.05, 3.63) is 86.7 Å². The van der Waals surface area contributed by atoms with Gasteiger partial charge in [-0.15, -0.1) is 0 Å². The summed E-state index contributed by atoms with van der Waals surface area (Å²) in [4.78, 5) is 12.8. The van der Waals surface area contributed by atoms with Crippen LogP contribution in [-0.2, 0) is 23.6 Å². The topological polar surface area (TPSA) is 87.1 Å². The van der Waals surface area contributed by atoms with Crippen molar-refractivity contribution >= 4 is 32.5 Å². The van der Waals surface area contributed by atoms with Crippen LogP contribution in [0.3, 0.4) is 0 Å². The summed E-state index contributed by atoms with van der Waals surface area (Å²) in [6.45, 7) is 1.72. The largest absolute Gasteiger partial charge is 0.278 e. The van der Waals surface area contributed by atoms with Crippen LogP contribution in [0.15, 0.2) is 58.2 Å². The van der Waals surface area contributed by atoms with Crippen molar-refractivity contribution in [2.24, 2.45) is 12.2 Å². The molecule has 32 heavy (non-hydrogen) atoms. The Morgan fingerprint density at radius 3 is 2.41 bits per heavy atom. The second-order valence-corrected chi connectivity index (χ2v) is 9.37. The molecule has 0 unspecified atom stereocenters. The van der Waals surface area contributed by atoms with Crippen molar-refractivity contribution in [1.82, 2.24) is 9.36 Å². The first-order chi connectivity index (χ1) is 15.0. The van der Waals surface area contributed by atoms with Crippen LogP contribution < -0.4 is 10.7 Å². The van der Waals surface area contributed by atoms with E-state index in [9.17, 15) is 22.0 Å². The molecule has 10 heteroatoms. The van der Waals surface area contributed by atoms with Crippen molar-refractivity contribution in [3.8, 4) is 11.1 Å². The van der Waals surface area contributed by atoms with Crippen molar-refractivity contribution in [1.29, 1.82) is 0 Å². The second kappa shape index (κ2) is 7.84. The highest BCUT2D eigenvalue weighted by atomic mass is 35.5. The molecular formula is C22H18ClF2N3O3S. The number of primary sulfonamides is 1. The molecule has 1 aromatic heterocycles. The van der Waals surface area contributed by atoms with E-state index in [0.717, 1.165) is 12.1 Å². The zero-order chi connectivity index (χ0) is 23.4. The summed E-state index contributed by atoms with van der Waals surface area (Å²) in [6.07, 6.45) is 0. The van der Waals surface area contributed by atoms with E-state index in [1.165, 1.54) is 16.8 Å². The van der Waals surface area contributed by atoms with Crippen LogP contribution in [0.25, 0.3) is 22.0 Å². The molecule has 4 rings (SSSR count). The van der Waals surface area contributed by atoms with E-state index in [4.69, 9.17) is 16.7 Å². The Hall–Kier alpha value is -3.01. The molecule has 0 aliphatic rings. The highest BCUT2D eigenvalue weighted by molar-refractivity contribution is 7.89. The summed E-state index contributed by atoms with van der Waals surface area (Å²) in [5.74, 6) is -1.90. The number of nitrogens with zero attached hydrogens (tertiary/aromatic N) is 2. The monoisotopic (exact) mass is 477 g/mol. The van der Waals surface area contributed by atoms with Crippen LogP contribution in [0.1, 0.15) is 11.1 Å². The maximum absolute atomic E-state index is 13.6. The van der Waals surface area contributed by atoms with Gasteiger partial charge in [-0.3, -0.25) is 14.2 Å². The van der Waals surface area contributed by atoms with Crippen LogP contribution in [0, 0.1) is 18.6 Å². The Balaban J connectivity index is 1.83. The summed E-state index contributed by atoms with van der Waals surface area (Å²) in [5, 5.41) is 5.85. The van der Waals surface area contributed by atoms with E-state index in [1.807, 2.05) is 0 Å². The Labute approximate surface area is 187 Å². The summed E-state index contributed by atoms with van der Waals surface area (Å²) in [7, 11) is -2.34. The number of aromatic nitrogens is 2. The minimum Gasteiger partial charge on any atom is -0.278 e. The molecule has 0 bridgehead atoms. The average molecular weight is 478 g/mol. The molecule has 2 N–H and O–H groups in total. The third-order valence-electron chi connectivity index (χ3n) is 5.43. The highest BCUT2D eigenvalue weighted by Gasteiger charge is 2.18. The molecule has 0 radical (unpaired) electrons. The van der Waals surface area contributed by atoms with Gasteiger partial charge >= 0.3 is 0 Å². The van der Waals surface area contributed by atoms with E-state index in [-0.39, 0.29) is 22.0 Å². The number of fused-ring (bicyclic) bond motifs is 1. The van der Waals surface area contributed by atoms with Crippen molar-refractivity contribution in [2.45, 2.75) is 18.4 Å². The minimum atomic E-state index is -3.93.